The van der Waals surface area contributed by atoms with Crippen LogP contribution in [0.1, 0.15) is 11.5 Å². The number of nitrogens with zero attached hydrogens (tertiary/aromatic N) is 4. The smallest absolute Gasteiger partial charge is 0.332 e. The van der Waals surface area contributed by atoms with E-state index in [1.165, 1.54) is 10.8 Å². The van der Waals surface area contributed by atoms with Crippen molar-refractivity contribution in [1.29, 1.82) is 0 Å². The highest BCUT2D eigenvalue weighted by molar-refractivity contribution is 6.29. The summed E-state index contributed by atoms with van der Waals surface area (Å²) in [4.78, 5) is 29.4. The number of rotatable bonds is 3. The second-order valence-corrected chi connectivity index (χ2v) is 4.26. The summed E-state index contributed by atoms with van der Waals surface area (Å²) in [5, 5.41) is 11.0. The third-order valence-corrected chi connectivity index (χ3v) is 2.54. The molecule has 19 heavy (non-hydrogen) atoms. The van der Waals surface area contributed by atoms with Crippen molar-refractivity contribution in [3.63, 3.8) is 0 Å². The minimum absolute atomic E-state index is 0.197. The fraction of sp³-hybridized carbons (Fsp3) is 0.182. The van der Waals surface area contributed by atoms with E-state index in [-0.39, 0.29) is 6.54 Å². The first kappa shape index (κ1) is 13.2. The second-order valence-electron chi connectivity index (χ2n) is 3.87. The maximum absolute atomic E-state index is 11.3. The Kier molecular flexibility index (Phi) is 3.57. The number of pyridine rings is 1. The van der Waals surface area contributed by atoms with Crippen molar-refractivity contribution < 1.29 is 4.92 Å². The molecule has 0 aliphatic heterocycles. The molecule has 0 bridgehead atoms. The van der Waals surface area contributed by atoms with Crippen molar-refractivity contribution in [3.8, 4) is 0 Å². The molecule has 0 unspecified atom stereocenters. The summed E-state index contributed by atoms with van der Waals surface area (Å²) in [5.74, 6) is 0.419. The van der Waals surface area contributed by atoms with Crippen LogP contribution in [0.3, 0.4) is 0 Å². The number of aryl methyl sites for hydroxylation is 1. The van der Waals surface area contributed by atoms with E-state index < -0.39 is 16.0 Å². The summed E-state index contributed by atoms with van der Waals surface area (Å²) >= 11 is 5.80. The Morgan fingerprint density at radius 1 is 1.47 bits per heavy atom. The van der Waals surface area contributed by atoms with Gasteiger partial charge in [0.05, 0.1) is 17.7 Å². The summed E-state index contributed by atoms with van der Waals surface area (Å²) in [6.07, 6.45) is 2.59. The Balaban J connectivity index is 2.36. The van der Waals surface area contributed by atoms with Crippen LogP contribution in [0, 0.1) is 17.0 Å². The van der Waals surface area contributed by atoms with Crippen molar-refractivity contribution in [1.82, 2.24) is 14.5 Å². The second kappa shape index (κ2) is 5.15. The van der Waals surface area contributed by atoms with Gasteiger partial charge in [0.2, 0.25) is 0 Å². The fourth-order valence-corrected chi connectivity index (χ4v) is 1.83. The third kappa shape index (κ3) is 3.14. The molecule has 98 valence electrons. The molecule has 2 aromatic heterocycles. The van der Waals surface area contributed by atoms with Gasteiger partial charge in [-0.05, 0) is 13.0 Å². The van der Waals surface area contributed by atoms with Gasteiger partial charge in [-0.1, -0.05) is 11.6 Å². The lowest BCUT2D eigenvalue weighted by Gasteiger charge is -2.05. The van der Waals surface area contributed by atoms with Crippen LogP contribution in [0.15, 0.2) is 29.3 Å². The third-order valence-electron chi connectivity index (χ3n) is 2.35. The monoisotopic (exact) mass is 280 g/mol. The number of halogens is 1. The van der Waals surface area contributed by atoms with Crippen molar-refractivity contribution in [2.75, 3.05) is 0 Å². The molecule has 0 aromatic carbocycles. The lowest BCUT2D eigenvalue weighted by atomic mass is 10.4. The van der Waals surface area contributed by atoms with Crippen molar-refractivity contribution in [3.05, 3.63) is 61.5 Å². The van der Waals surface area contributed by atoms with Gasteiger partial charge in [0.25, 0.3) is 5.43 Å². The number of hydrogen-bond acceptors (Lipinski definition) is 5. The Labute approximate surface area is 112 Å². The van der Waals surface area contributed by atoms with Crippen LogP contribution in [0.25, 0.3) is 0 Å². The molecule has 0 N–H and O–H groups in total. The molecule has 0 aliphatic rings. The highest BCUT2D eigenvalue weighted by atomic mass is 35.5. The highest BCUT2D eigenvalue weighted by Gasteiger charge is 2.12. The maximum atomic E-state index is 11.3. The van der Waals surface area contributed by atoms with Crippen LogP contribution in [0.2, 0.25) is 5.15 Å². The molecular formula is C11H9ClN4O3. The van der Waals surface area contributed by atoms with Crippen molar-refractivity contribution >= 4 is 17.3 Å². The maximum Gasteiger partial charge on any atom is 0.332 e. The van der Waals surface area contributed by atoms with Crippen LogP contribution in [0.5, 0.6) is 0 Å². The van der Waals surface area contributed by atoms with E-state index in [0.29, 0.717) is 16.7 Å². The normalized spacial score (nSPS) is 10.4. The average molecular weight is 281 g/mol. The summed E-state index contributed by atoms with van der Waals surface area (Å²) < 4.78 is 1.46. The van der Waals surface area contributed by atoms with Gasteiger partial charge in [-0.3, -0.25) is 14.9 Å². The topological polar surface area (TPSA) is 90.9 Å². The Bertz CT molecular complexity index is 678. The van der Waals surface area contributed by atoms with Crippen LogP contribution in [0.4, 0.5) is 5.69 Å². The Hall–Kier alpha value is -2.28. The first-order valence-corrected chi connectivity index (χ1v) is 5.68. The molecule has 0 spiro atoms. The van der Waals surface area contributed by atoms with Crippen LogP contribution < -0.4 is 5.43 Å². The Morgan fingerprint density at radius 2 is 2.21 bits per heavy atom. The molecule has 8 heteroatoms. The van der Waals surface area contributed by atoms with E-state index in [2.05, 4.69) is 9.97 Å². The minimum Gasteiger partial charge on any atom is -0.340 e. The molecule has 2 heterocycles. The molecule has 0 fully saturated rings. The lowest BCUT2D eigenvalue weighted by molar-refractivity contribution is -0.386. The molecule has 7 nitrogen and oxygen atoms in total. The average Bonchev–Trinajstić information content (AvgIpc) is 2.30. The van der Waals surface area contributed by atoms with Crippen LogP contribution >= 0.6 is 11.6 Å². The number of nitro groups is 1. The Morgan fingerprint density at radius 3 is 2.84 bits per heavy atom. The summed E-state index contributed by atoms with van der Waals surface area (Å²) in [7, 11) is 0. The van der Waals surface area contributed by atoms with Gasteiger partial charge < -0.3 is 4.57 Å². The molecule has 0 saturated carbocycles. The minimum atomic E-state index is -0.719. The van der Waals surface area contributed by atoms with Gasteiger partial charge >= 0.3 is 5.69 Å². The van der Waals surface area contributed by atoms with Gasteiger partial charge in [0.1, 0.15) is 11.0 Å². The van der Waals surface area contributed by atoms with E-state index in [1.54, 1.807) is 13.0 Å². The quantitative estimate of drug-likeness (QED) is 0.483. The molecular weight excluding hydrogens is 272 g/mol. The van der Waals surface area contributed by atoms with Gasteiger partial charge in [-0.15, -0.1) is 0 Å². The molecule has 0 radical (unpaired) electrons. The van der Waals surface area contributed by atoms with Gasteiger partial charge in [0.15, 0.2) is 0 Å². The first-order chi connectivity index (χ1) is 8.95. The van der Waals surface area contributed by atoms with Gasteiger partial charge in [-0.25, -0.2) is 9.97 Å². The van der Waals surface area contributed by atoms with Crippen LogP contribution in [-0.4, -0.2) is 19.5 Å². The zero-order valence-electron chi connectivity index (χ0n) is 9.91. The predicted molar refractivity (Wildman–Crippen MR) is 68.2 cm³/mol. The largest absolute Gasteiger partial charge is 0.340 e. The van der Waals surface area contributed by atoms with Gasteiger partial charge in [0, 0.05) is 18.0 Å². The van der Waals surface area contributed by atoms with E-state index >= 15 is 0 Å². The van der Waals surface area contributed by atoms with Gasteiger partial charge in [-0.2, -0.15) is 0 Å². The zero-order chi connectivity index (χ0) is 14.0. The van der Waals surface area contributed by atoms with E-state index in [4.69, 9.17) is 11.6 Å². The molecule has 2 aromatic rings. The molecule has 0 amide bonds. The predicted octanol–water partition coefficient (Wildman–Crippen LogP) is 1.56. The highest BCUT2D eigenvalue weighted by Crippen LogP contribution is 2.09. The molecule has 2 rings (SSSR count). The fourth-order valence-electron chi connectivity index (χ4n) is 1.57. The molecule has 0 atom stereocenters. The van der Waals surface area contributed by atoms with Crippen molar-refractivity contribution in [2.24, 2.45) is 0 Å². The zero-order valence-corrected chi connectivity index (χ0v) is 10.7. The summed E-state index contributed by atoms with van der Waals surface area (Å²) in [6.45, 7) is 1.97. The SMILES string of the molecule is Cc1cc(Cl)nc(Cn2ccc(=O)c([N+](=O)[O-])c2)n1. The molecule has 0 saturated heterocycles. The van der Waals surface area contributed by atoms with E-state index in [0.717, 1.165) is 12.3 Å². The van der Waals surface area contributed by atoms with E-state index in [1.807, 2.05) is 0 Å². The summed E-state index contributed by atoms with van der Waals surface area (Å²) in [6, 6.07) is 2.74. The number of hydrogen-bond donors (Lipinski definition) is 0. The molecule has 0 aliphatic carbocycles. The standard InChI is InChI=1S/C11H9ClN4O3/c1-7-4-10(12)14-11(13-7)6-15-3-2-9(17)8(5-15)16(18)19/h2-5H,6H2,1H3. The first-order valence-electron chi connectivity index (χ1n) is 5.30. The summed E-state index contributed by atoms with van der Waals surface area (Å²) in [5.41, 5.74) is -0.420. The lowest BCUT2D eigenvalue weighted by Crippen LogP contribution is -2.12. The van der Waals surface area contributed by atoms with Crippen LogP contribution in [-0.2, 0) is 6.54 Å². The number of aromatic nitrogens is 3. The van der Waals surface area contributed by atoms with Crippen molar-refractivity contribution in [2.45, 2.75) is 13.5 Å². The van der Waals surface area contributed by atoms with E-state index in [9.17, 15) is 14.9 Å².